The molecule has 0 saturated heterocycles. The Morgan fingerprint density at radius 1 is 0.960 bits per heavy atom. The maximum atomic E-state index is 12.0. The number of hydrogen-bond donors (Lipinski definition) is 0. The lowest BCUT2D eigenvalue weighted by Gasteiger charge is -2.11. The number of rotatable bonds is 3. The Balaban J connectivity index is 1.87. The predicted octanol–water partition coefficient (Wildman–Crippen LogP) is 6.29. The molecule has 1 aromatic heterocycles. The standard InChI is InChI=1S/C20H13ClO3S/c1-23-20(22)15-10-9-12(21)11-17(15)24-16-7-4-6-14-13-5-2-3-8-18(13)25-19(14)16/h2-11H,1H3. The van der Waals surface area contributed by atoms with Crippen LogP contribution in [0.4, 0.5) is 0 Å². The largest absolute Gasteiger partial charge is 0.465 e. The van der Waals surface area contributed by atoms with Gasteiger partial charge in [-0.15, -0.1) is 11.3 Å². The monoisotopic (exact) mass is 368 g/mol. The van der Waals surface area contributed by atoms with Crippen LogP contribution >= 0.6 is 22.9 Å². The summed E-state index contributed by atoms with van der Waals surface area (Å²) in [5, 5.41) is 2.80. The molecule has 0 unspecified atom stereocenters. The zero-order chi connectivity index (χ0) is 17.4. The lowest BCUT2D eigenvalue weighted by atomic mass is 10.1. The lowest BCUT2D eigenvalue weighted by molar-refractivity contribution is 0.0598. The van der Waals surface area contributed by atoms with Crippen LogP contribution in [0.25, 0.3) is 20.2 Å². The third kappa shape index (κ3) is 2.84. The predicted molar refractivity (Wildman–Crippen MR) is 102 cm³/mol. The number of hydrogen-bond acceptors (Lipinski definition) is 4. The molecule has 5 heteroatoms. The van der Waals surface area contributed by atoms with E-state index in [0.717, 1.165) is 10.1 Å². The summed E-state index contributed by atoms with van der Waals surface area (Å²) in [6, 6.07) is 19.0. The van der Waals surface area contributed by atoms with E-state index in [0.29, 0.717) is 22.1 Å². The van der Waals surface area contributed by atoms with Gasteiger partial charge in [0.2, 0.25) is 0 Å². The van der Waals surface area contributed by atoms with Crippen molar-refractivity contribution in [2.75, 3.05) is 7.11 Å². The van der Waals surface area contributed by atoms with Crippen LogP contribution in [0.3, 0.4) is 0 Å². The van der Waals surface area contributed by atoms with Crippen LogP contribution < -0.4 is 4.74 Å². The van der Waals surface area contributed by atoms with Crippen molar-refractivity contribution >= 4 is 49.1 Å². The van der Waals surface area contributed by atoms with Gasteiger partial charge in [0.15, 0.2) is 0 Å². The van der Waals surface area contributed by atoms with Crippen molar-refractivity contribution in [1.29, 1.82) is 0 Å². The molecule has 124 valence electrons. The molecule has 0 radical (unpaired) electrons. The fraction of sp³-hybridized carbons (Fsp3) is 0.0500. The number of carbonyl (C=O) groups excluding carboxylic acids is 1. The van der Waals surface area contributed by atoms with E-state index < -0.39 is 5.97 Å². The minimum Gasteiger partial charge on any atom is -0.465 e. The van der Waals surface area contributed by atoms with Crippen molar-refractivity contribution in [1.82, 2.24) is 0 Å². The van der Waals surface area contributed by atoms with Crippen molar-refractivity contribution in [3.8, 4) is 11.5 Å². The highest BCUT2D eigenvalue weighted by molar-refractivity contribution is 7.26. The van der Waals surface area contributed by atoms with Gasteiger partial charge in [0.05, 0.1) is 11.8 Å². The first-order valence-corrected chi connectivity index (χ1v) is 8.83. The van der Waals surface area contributed by atoms with Crippen LogP contribution in [0.1, 0.15) is 10.4 Å². The zero-order valence-electron chi connectivity index (χ0n) is 13.3. The maximum Gasteiger partial charge on any atom is 0.341 e. The van der Waals surface area contributed by atoms with E-state index in [1.54, 1.807) is 29.5 Å². The summed E-state index contributed by atoms with van der Waals surface area (Å²) in [5.41, 5.74) is 0.338. The van der Waals surface area contributed by atoms with Gasteiger partial charge >= 0.3 is 5.97 Å². The maximum absolute atomic E-state index is 12.0. The van der Waals surface area contributed by atoms with Crippen molar-refractivity contribution in [3.05, 3.63) is 71.2 Å². The van der Waals surface area contributed by atoms with E-state index in [1.807, 2.05) is 24.3 Å². The molecule has 0 aliphatic carbocycles. The van der Waals surface area contributed by atoms with E-state index in [1.165, 1.54) is 17.2 Å². The number of methoxy groups -OCH3 is 1. The quantitative estimate of drug-likeness (QED) is 0.399. The average Bonchev–Trinajstić information content (AvgIpc) is 3.01. The minimum absolute atomic E-state index is 0.338. The average molecular weight is 369 g/mol. The highest BCUT2D eigenvalue weighted by atomic mass is 35.5. The van der Waals surface area contributed by atoms with E-state index in [4.69, 9.17) is 21.1 Å². The Hall–Kier alpha value is -2.56. The Morgan fingerprint density at radius 3 is 2.60 bits per heavy atom. The van der Waals surface area contributed by atoms with Crippen molar-refractivity contribution in [2.45, 2.75) is 0 Å². The summed E-state index contributed by atoms with van der Waals surface area (Å²) in [5.74, 6) is 0.602. The van der Waals surface area contributed by atoms with Gasteiger partial charge < -0.3 is 9.47 Å². The van der Waals surface area contributed by atoms with E-state index in [9.17, 15) is 4.79 Å². The Bertz CT molecular complexity index is 1100. The highest BCUT2D eigenvalue weighted by Crippen LogP contribution is 2.41. The zero-order valence-corrected chi connectivity index (χ0v) is 14.9. The van der Waals surface area contributed by atoms with Crippen molar-refractivity contribution in [3.63, 3.8) is 0 Å². The SMILES string of the molecule is COC(=O)c1ccc(Cl)cc1Oc1cccc2c1sc1ccccc12. The number of halogens is 1. The van der Waals surface area contributed by atoms with Gasteiger partial charge in [0, 0.05) is 26.6 Å². The van der Waals surface area contributed by atoms with Gasteiger partial charge in [-0.05, 0) is 24.3 Å². The number of thiophene rings is 1. The first kappa shape index (κ1) is 15.9. The second-order valence-electron chi connectivity index (χ2n) is 5.47. The molecule has 4 aromatic rings. The summed E-state index contributed by atoms with van der Waals surface area (Å²) in [6.07, 6.45) is 0. The summed E-state index contributed by atoms with van der Waals surface area (Å²) < 4.78 is 13.1. The molecule has 0 atom stereocenters. The first-order chi connectivity index (χ1) is 12.2. The van der Waals surface area contributed by atoms with Gasteiger partial charge in [-0.25, -0.2) is 4.79 Å². The fourth-order valence-electron chi connectivity index (χ4n) is 2.78. The first-order valence-electron chi connectivity index (χ1n) is 7.63. The Morgan fingerprint density at radius 2 is 1.76 bits per heavy atom. The minimum atomic E-state index is -0.463. The van der Waals surface area contributed by atoms with Crippen LogP contribution in [0, 0.1) is 0 Å². The van der Waals surface area contributed by atoms with Crippen molar-refractivity contribution in [2.24, 2.45) is 0 Å². The van der Waals surface area contributed by atoms with Gasteiger partial charge in [-0.2, -0.15) is 0 Å². The number of carbonyl (C=O) groups is 1. The molecule has 0 aliphatic rings. The molecule has 0 saturated carbocycles. The molecule has 1 heterocycles. The summed E-state index contributed by atoms with van der Waals surface area (Å²) >= 11 is 7.74. The van der Waals surface area contributed by atoms with Crippen LogP contribution in [-0.2, 0) is 4.74 Å². The normalized spacial score (nSPS) is 11.0. The second-order valence-corrected chi connectivity index (χ2v) is 6.95. The molecule has 3 aromatic carbocycles. The molecule has 0 fully saturated rings. The third-order valence-corrected chi connectivity index (χ3v) is 5.37. The van der Waals surface area contributed by atoms with Crippen molar-refractivity contribution < 1.29 is 14.3 Å². The molecule has 4 rings (SSSR count). The second kappa shape index (κ2) is 6.39. The molecular weight excluding hydrogens is 356 g/mol. The van der Waals surface area contributed by atoms with E-state index >= 15 is 0 Å². The number of esters is 1. The smallest absolute Gasteiger partial charge is 0.341 e. The molecule has 25 heavy (non-hydrogen) atoms. The number of fused-ring (bicyclic) bond motifs is 3. The van der Waals surface area contributed by atoms with Gasteiger partial charge in [-0.3, -0.25) is 0 Å². The van der Waals surface area contributed by atoms with Gasteiger partial charge in [0.25, 0.3) is 0 Å². The summed E-state index contributed by atoms with van der Waals surface area (Å²) in [7, 11) is 1.34. The van der Waals surface area contributed by atoms with Gasteiger partial charge in [0.1, 0.15) is 17.1 Å². The van der Waals surface area contributed by atoms with E-state index in [-0.39, 0.29) is 0 Å². The fourth-order valence-corrected chi connectivity index (χ4v) is 4.09. The van der Waals surface area contributed by atoms with Crippen LogP contribution in [0.2, 0.25) is 5.02 Å². The summed E-state index contributed by atoms with van der Waals surface area (Å²) in [6.45, 7) is 0. The van der Waals surface area contributed by atoms with E-state index in [2.05, 4.69) is 18.2 Å². The Labute approximate surface area is 153 Å². The molecule has 0 bridgehead atoms. The van der Waals surface area contributed by atoms with Gasteiger partial charge in [-0.1, -0.05) is 41.9 Å². The molecule has 3 nitrogen and oxygen atoms in total. The molecule has 0 spiro atoms. The topological polar surface area (TPSA) is 35.5 Å². The summed E-state index contributed by atoms with van der Waals surface area (Å²) in [4.78, 5) is 12.0. The molecular formula is C20H13ClO3S. The third-order valence-electron chi connectivity index (χ3n) is 3.94. The number of benzene rings is 3. The Kier molecular flexibility index (Phi) is 4.07. The highest BCUT2D eigenvalue weighted by Gasteiger charge is 2.16. The van der Waals surface area contributed by atoms with Crippen LogP contribution in [-0.4, -0.2) is 13.1 Å². The van der Waals surface area contributed by atoms with Crippen LogP contribution in [0.5, 0.6) is 11.5 Å². The molecule has 0 amide bonds. The lowest BCUT2D eigenvalue weighted by Crippen LogP contribution is -2.03. The van der Waals surface area contributed by atoms with Crippen LogP contribution in [0.15, 0.2) is 60.7 Å². The molecule has 0 N–H and O–H groups in total. The number of ether oxygens (including phenoxy) is 2. The molecule has 0 aliphatic heterocycles.